The summed E-state index contributed by atoms with van der Waals surface area (Å²) >= 11 is 8.03. The van der Waals surface area contributed by atoms with Crippen molar-refractivity contribution in [3.8, 4) is 0 Å². The molecule has 0 nitrogen and oxygen atoms in total. The summed E-state index contributed by atoms with van der Waals surface area (Å²) in [5.41, 5.74) is 1.98. The zero-order chi connectivity index (χ0) is 11.7. The largest absolute Gasteiger partial charge is 0.207 e. The highest BCUT2D eigenvalue weighted by atomic mass is 35.5. The van der Waals surface area contributed by atoms with Gasteiger partial charge in [0.25, 0.3) is 0 Å². The van der Waals surface area contributed by atoms with Crippen molar-refractivity contribution < 1.29 is 4.39 Å². The van der Waals surface area contributed by atoms with Crippen LogP contribution in [0.2, 0.25) is 0 Å². The molecule has 84 valence electrons. The second-order valence-corrected chi connectivity index (χ2v) is 5.55. The van der Waals surface area contributed by atoms with E-state index in [-0.39, 0.29) is 11.2 Å². The summed E-state index contributed by atoms with van der Waals surface area (Å²) in [5, 5.41) is -0.255. The van der Waals surface area contributed by atoms with Crippen LogP contribution < -0.4 is 0 Å². The second-order valence-electron chi connectivity index (χ2n) is 3.82. The van der Waals surface area contributed by atoms with Gasteiger partial charge in [0.05, 0.1) is 5.38 Å². The smallest absolute Gasteiger partial charge is 0.123 e. The van der Waals surface area contributed by atoms with E-state index >= 15 is 0 Å². The predicted molar refractivity (Wildman–Crippen MR) is 67.9 cm³/mol. The van der Waals surface area contributed by atoms with Crippen LogP contribution in [0.5, 0.6) is 0 Å². The number of alkyl halides is 1. The molecule has 0 fully saturated rings. The highest BCUT2D eigenvalue weighted by molar-refractivity contribution is 7.12. The fraction of sp³-hybridized carbons (Fsp3) is 0.231. The van der Waals surface area contributed by atoms with E-state index in [2.05, 4.69) is 13.0 Å². The van der Waals surface area contributed by atoms with Gasteiger partial charge in [0, 0.05) is 9.75 Å². The van der Waals surface area contributed by atoms with Crippen LogP contribution >= 0.6 is 22.9 Å². The molecular formula is C13H12ClFS. The van der Waals surface area contributed by atoms with E-state index in [1.807, 2.05) is 13.0 Å². The Kier molecular flexibility index (Phi) is 3.31. The van der Waals surface area contributed by atoms with Crippen molar-refractivity contribution in [3.63, 3.8) is 0 Å². The van der Waals surface area contributed by atoms with Gasteiger partial charge in [-0.25, -0.2) is 4.39 Å². The minimum absolute atomic E-state index is 0.242. The molecule has 0 aliphatic rings. The van der Waals surface area contributed by atoms with E-state index in [9.17, 15) is 4.39 Å². The lowest BCUT2D eigenvalue weighted by molar-refractivity contribution is 0.626. The molecule has 1 atom stereocenters. The molecule has 0 radical (unpaired) electrons. The zero-order valence-corrected chi connectivity index (χ0v) is 10.7. The molecule has 16 heavy (non-hydrogen) atoms. The maximum Gasteiger partial charge on any atom is 0.123 e. The van der Waals surface area contributed by atoms with Crippen molar-refractivity contribution in [2.75, 3.05) is 0 Å². The van der Waals surface area contributed by atoms with Crippen LogP contribution in [-0.4, -0.2) is 0 Å². The number of benzene rings is 1. The van der Waals surface area contributed by atoms with Crippen LogP contribution in [0.3, 0.4) is 0 Å². The van der Waals surface area contributed by atoms with Gasteiger partial charge in [-0.05, 0) is 43.2 Å². The first-order valence-corrected chi connectivity index (χ1v) is 6.29. The highest BCUT2D eigenvalue weighted by Gasteiger charge is 2.16. The SMILES string of the molecule is Cc1cc(C)c(C(Cl)c2cccc(F)c2)s1. The fourth-order valence-electron chi connectivity index (χ4n) is 1.73. The Morgan fingerprint density at radius 3 is 2.56 bits per heavy atom. The third-order valence-electron chi connectivity index (χ3n) is 2.45. The summed E-state index contributed by atoms with van der Waals surface area (Å²) in [5.74, 6) is -0.242. The highest BCUT2D eigenvalue weighted by Crippen LogP contribution is 2.36. The molecule has 0 aliphatic heterocycles. The van der Waals surface area contributed by atoms with Crippen LogP contribution in [0.4, 0.5) is 4.39 Å². The Hall–Kier alpha value is -0.860. The van der Waals surface area contributed by atoms with Gasteiger partial charge in [0.2, 0.25) is 0 Å². The third-order valence-corrected chi connectivity index (χ3v) is 4.27. The van der Waals surface area contributed by atoms with E-state index in [0.29, 0.717) is 0 Å². The summed E-state index contributed by atoms with van der Waals surface area (Å²) in [6.45, 7) is 4.09. The van der Waals surface area contributed by atoms with E-state index in [0.717, 1.165) is 10.4 Å². The molecule has 2 rings (SSSR count). The molecule has 0 spiro atoms. The lowest BCUT2D eigenvalue weighted by Gasteiger charge is -2.09. The quantitative estimate of drug-likeness (QED) is 0.673. The van der Waals surface area contributed by atoms with Crippen LogP contribution in [0.25, 0.3) is 0 Å². The number of thiophene rings is 1. The number of halogens is 2. The van der Waals surface area contributed by atoms with Crippen molar-refractivity contribution >= 4 is 22.9 Å². The van der Waals surface area contributed by atoms with Gasteiger partial charge in [-0.15, -0.1) is 22.9 Å². The monoisotopic (exact) mass is 254 g/mol. The molecule has 0 bridgehead atoms. The molecule has 2 aromatic rings. The standard InChI is InChI=1S/C13H12ClFS/c1-8-6-9(2)16-13(8)12(14)10-4-3-5-11(15)7-10/h3-7,12H,1-2H3. The van der Waals surface area contributed by atoms with E-state index in [1.165, 1.54) is 22.6 Å². The number of hydrogen-bond donors (Lipinski definition) is 0. The van der Waals surface area contributed by atoms with Crippen LogP contribution in [0, 0.1) is 19.7 Å². The first-order valence-electron chi connectivity index (χ1n) is 5.04. The first-order chi connectivity index (χ1) is 7.58. The molecule has 0 N–H and O–H groups in total. The van der Waals surface area contributed by atoms with Crippen molar-refractivity contribution in [3.05, 3.63) is 57.0 Å². The van der Waals surface area contributed by atoms with Gasteiger partial charge in [-0.2, -0.15) is 0 Å². The molecule has 0 saturated carbocycles. The van der Waals surface area contributed by atoms with Crippen molar-refractivity contribution in [2.45, 2.75) is 19.2 Å². The fourth-order valence-corrected chi connectivity index (χ4v) is 3.21. The van der Waals surface area contributed by atoms with Crippen LogP contribution in [0.1, 0.15) is 26.3 Å². The van der Waals surface area contributed by atoms with Gasteiger partial charge in [0.15, 0.2) is 0 Å². The maximum atomic E-state index is 13.1. The molecule has 1 unspecified atom stereocenters. The Bertz CT molecular complexity index is 504. The number of hydrogen-bond acceptors (Lipinski definition) is 1. The van der Waals surface area contributed by atoms with Crippen LogP contribution in [0.15, 0.2) is 30.3 Å². The molecular weight excluding hydrogens is 243 g/mol. The first kappa shape index (κ1) is 11.6. The summed E-state index contributed by atoms with van der Waals surface area (Å²) in [7, 11) is 0. The molecule has 1 heterocycles. The zero-order valence-electron chi connectivity index (χ0n) is 9.13. The lowest BCUT2D eigenvalue weighted by Crippen LogP contribution is -1.92. The Balaban J connectivity index is 2.38. The van der Waals surface area contributed by atoms with Crippen molar-refractivity contribution in [2.24, 2.45) is 0 Å². The number of rotatable bonds is 2. The average Bonchev–Trinajstić information content (AvgIpc) is 2.57. The van der Waals surface area contributed by atoms with E-state index in [1.54, 1.807) is 17.4 Å². The number of aryl methyl sites for hydroxylation is 2. The van der Waals surface area contributed by atoms with E-state index in [4.69, 9.17) is 11.6 Å². The van der Waals surface area contributed by atoms with Gasteiger partial charge >= 0.3 is 0 Å². The van der Waals surface area contributed by atoms with Gasteiger partial charge in [-0.3, -0.25) is 0 Å². The lowest BCUT2D eigenvalue weighted by atomic mass is 10.1. The molecule has 0 aliphatic carbocycles. The summed E-state index contributed by atoms with van der Waals surface area (Å²) in [6, 6.07) is 8.57. The summed E-state index contributed by atoms with van der Waals surface area (Å²) < 4.78 is 13.1. The van der Waals surface area contributed by atoms with Crippen molar-refractivity contribution in [1.82, 2.24) is 0 Å². The molecule has 3 heteroatoms. The Morgan fingerprint density at radius 2 is 2.00 bits per heavy atom. The molecule has 0 amide bonds. The second kappa shape index (κ2) is 4.56. The maximum absolute atomic E-state index is 13.1. The predicted octanol–water partition coefficient (Wildman–Crippen LogP) is 4.83. The Labute approximate surface area is 104 Å². The summed E-state index contributed by atoms with van der Waals surface area (Å²) in [6.07, 6.45) is 0. The molecule has 0 saturated heterocycles. The molecule has 1 aromatic carbocycles. The normalized spacial score (nSPS) is 12.8. The van der Waals surface area contributed by atoms with Gasteiger partial charge < -0.3 is 0 Å². The minimum atomic E-state index is -0.255. The third kappa shape index (κ3) is 2.28. The Morgan fingerprint density at radius 1 is 1.25 bits per heavy atom. The summed E-state index contributed by atoms with van der Waals surface area (Å²) in [4.78, 5) is 2.33. The van der Waals surface area contributed by atoms with Gasteiger partial charge in [0.1, 0.15) is 5.82 Å². The van der Waals surface area contributed by atoms with Gasteiger partial charge in [-0.1, -0.05) is 12.1 Å². The van der Waals surface area contributed by atoms with Crippen molar-refractivity contribution in [1.29, 1.82) is 0 Å². The minimum Gasteiger partial charge on any atom is -0.207 e. The van der Waals surface area contributed by atoms with E-state index < -0.39 is 0 Å². The van der Waals surface area contributed by atoms with Crippen LogP contribution in [-0.2, 0) is 0 Å². The average molecular weight is 255 g/mol. The molecule has 1 aromatic heterocycles. The topological polar surface area (TPSA) is 0 Å².